The van der Waals surface area contributed by atoms with Crippen LogP contribution >= 0.6 is 0 Å². The minimum Gasteiger partial charge on any atom is -0.378 e. The fourth-order valence-corrected chi connectivity index (χ4v) is 3.24. The zero-order chi connectivity index (χ0) is 17.3. The second-order valence-corrected chi connectivity index (χ2v) is 6.24. The number of pyridine rings is 1. The van der Waals surface area contributed by atoms with Crippen LogP contribution in [0.4, 0.5) is 11.5 Å². The third-order valence-corrected chi connectivity index (χ3v) is 4.64. The van der Waals surface area contributed by atoms with Crippen LogP contribution in [-0.2, 0) is 4.74 Å². The Kier molecular flexibility index (Phi) is 3.69. The molecule has 1 fully saturated rings. The Morgan fingerprint density at radius 3 is 2.77 bits per heavy atom. The molecule has 1 aromatic carbocycles. The van der Waals surface area contributed by atoms with Gasteiger partial charge in [0.2, 0.25) is 0 Å². The number of nitrogens with one attached hydrogen (secondary N) is 3. The summed E-state index contributed by atoms with van der Waals surface area (Å²) in [6, 6.07) is 12.2. The van der Waals surface area contributed by atoms with Crippen molar-refractivity contribution in [2.45, 2.75) is 0 Å². The van der Waals surface area contributed by atoms with Gasteiger partial charge < -0.3 is 9.64 Å². The first-order chi connectivity index (χ1) is 12.9. The first kappa shape index (κ1) is 15.2. The largest absolute Gasteiger partial charge is 0.378 e. The van der Waals surface area contributed by atoms with Crippen molar-refractivity contribution in [3.63, 3.8) is 0 Å². The van der Waals surface area contributed by atoms with Crippen LogP contribution in [0.2, 0.25) is 0 Å². The molecule has 0 spiro atoms. The number of aromatic amines is 1. The number of H-pyrrole nitrogens is 1. The summed E-state index contributed by atoms with van der Waals surface area (Å²) in [6.45, 7) is 3.27. The van der Waals surface area contributed by atoms with E-state index in [0.717, 1.165) is 60.1 Å². The third-order valence-electron chi connectivity index (χ3n) is 4.64. The van der Waals surface area contributed by atoms with Gasteiger partial charge in [-0.2, -0.15) is 5.10 Å². The van der Waals surface area contributed by atoms with Crippen LogP contribution in [-0.4, -0.2) is 41.5 Å². The van der Waals surface area contributed by atoms with Crippen molar-refractivity contribution in [2.75, 3.05) is 36.2 Å². The first-order valence-corrected chi connectivity index (χ1v) is 8.63. The number of rotatable bonds is 3. The lowest BCUT2D eigenvalue weighted by Gasteiger charge is -2.28. The van der Waals surface area contributed by atoms with Gasteiger partial charge in [0.1, 0.15) is 11.5 Å². The molecule has 4 heterocycles. The molecule has 0 bridgehead atoms. The topological polar surface area (TPSA) is 81.3 Å². The molecule has 5 rings (SSSR count). The minimum atomic E-state index is 0.755. The van der Waals surface area contributed by atoms with Crippen LogP contribution < -0.4 is 20.9 Å². The molecule has 8 nitrogen and oxygen atoms in total. The zero-order valence-corrected chi connectivity index (χ0v) is 14.1. The molecule has 2 aromatic heterocycles. The van der Waals surface area contributed by atoms with Crippen LogP contribution in [0.5, 0.6) is 0 Å². The van der Waals surface area contributed by atoms with Gasteiger partial charge in [0.25, 0.3) is 0 Å². The quantitative estimate of drug-likeness (QED) is 0.663. The second-order valence-electron chi connectivity index (χ2n) is 6.24. The van der Waals surface area contributed by atoms with Crippen molar-refractivity contribution in [1.82, 2.24) is 26.1 Å². The van der Waals surface area contributed by atoms with E-state index in [1.165, 1.54) is 0 Å². The highest BCUT2D eigenvalue weighted by Crippen LogP contribution is 2.25. The van der Waals surface area contributed by atoms with Crippen molar-refractivity contribution < 1.29 is 4.74 Å². The molecule has 0 saturated carbocycles. The van der Waals surface area contributed by atoms with Gasteiger partial charge >= 0.3 is 0 Å². The summed E-state index contributed by atoms with van der Waals surface area (Å²) in [4.78, 5) is 6.83. The molecule has 132 valence electrons. The average molecular weight is 349 g/mol. The van der Waals surface area contributed by atoms with Crippen LogP contribution in [0.3, 0.4) is 0 Å². The molecule has 0 unspecified atom stereocenters. The van der Waals surface area contributed by atoms with E-state index >= 15 is 0 Å². The summed E-state index contributed by atoms with van der Waals surface area (Å²) < 4.78 is 5.39. The normalized spacial score (nSPS) is 17.5. The number of aromatic nitrogens is 3. The lowest BCUT2D eigenvalue weighted by atomic mass is 10.2. The maximum absolute atomic E-state index is 5.39. The minimum absolute atomic E-state index is 0.755. The molecule has 0 atom stereocenters. The summed E-state index contributed by atoms with van der Waals surface area (Å²) in [5.41, 5.74) is 10.1. The van der Waals surface area contributed by atoms with E-state index in [2.05, 4.69) is 43.2 Å². The number of nitrogens with zero attached hydrogens (tertiary/aromatic N) is 4. The van der Waals surface area contributed by atoms with Crippen molar-refractivity contribution >= 4 is 28.1 Å². The SMILES string of the molecule is C1=C(c2n[nH]c3ccccc23)NNN1c1ccc(N2CCOCC2)nc1. The Balaban J connectivity index is 1.38. The van der Waals surface area contributed by atoms with Gasteiger partial charge in [0.05, 0.1) is 42.5 Å². The number of para-hydroxylation sites is 1. The van der Waals surface area contributed by atoms with Crippen LogP contribution in [0.25, 0.3) is 16.6 Å². The van der Waals surface area contributed by atoms with Crippen molar-refractivity contribution in [3.05, 3.63) is 54.5 Å². The van der Waals surface area contributed by atoms with Crippen LogP contribution in [0.15, 0.2) is 48.8 Å². The lowest BCUT2D eigenvalue weighted by Crippen LogP contribution is -2.37. The predicted molar refractivity (Wildman–Crippen MR) is 100 cm³/mol. The standard InChI is InChI=1S/C18H19N7O/c1-2-4-15-14(3-1)18(22-20-15)16-12-25(23-21-16)13-5-6-17(19-11-13)24-7-9-26-10-8-24/h1-6,11-12,21,23H,7-10H2,(H,20,22). The highest BCUT2D eigenvalue weighted by atomic mass is 16.5. The van der Waals surface area contributed by atoms with E-state index in [1.54, 1.807) is 0 Å². The average Bonchev–Trinajstić information content (AvgIpc) is 3.36. The van der Waals surface area contributed by atoms with Gasteiger partial charge in [-0.3, -0.25) is 15.5 Å². The molecular formula is C18H19N7O. The third kappa shape index (κ3) is 2.65. The molecule has 8 heteroatoms. The number of morpholine rings is 1. The number of fused-ring (bicyclic) bond motifs is 1. The van der Waals surface area contributed by atoms with E-state index in [9.17, 15) is 0 Å². The molecule has 3 N–H and O–H groups in total. The molecular weight excluding hydrogens is 330 g/mol. The summed E-state index contributed by atoms with van der Waals surface area (Å²) in [5.74, 6) is 0.978. The van der Waals surface area contributed by atoms with E-state index in [4.69, 9.17) is 4.74 Å². The van der Waals surface area contributed by atoms with Crippen molar-refractivity contribution in [1.29, 1.82) is 0 Å². The molecule has 26 heavy (non-hydrogen) atoms. The second kappa shape index (κ2) is 6.32. The van der Waals surface area contributed by atoms with E-state index < -0.39 is 0 Å². The number of hydrogen-bond acceptors (Lipinski definition) is 7. The zero-order valence-electron chi connectivity index (χ0n) is 14.1. The fraction of sp³-hybridized carbons (Fsp3) is 0.222. The van der Waals surface area contributed by atoms with Gasteiger partial charge in [-0.1, -0.05) is 18.2 Å². The maximum atomic E-state index is 5.39. The summed E-state index contributed by atoms with van der Waals surface area (Å²) in [6.07, 6.45) is 3.84. The summed E-state index contributed by atoms with van der Waals surface area (Å²) in [7, 11) is 0. The van der Waals surface area contributed by atoms with Gasteiger partial charge in [-0.25, -0.2) is 4.98 Å². The fourth-order valence-electron chi connectivity index (χ4n) is 3.24. The van der Waals surface area contributed by atoms with Gasteiger partial charge in [0, 0.05) is 18.5 Å². The Hall–Kier alpha value is -3.10. The monoisotopic (exact) mass is 349 g/mol. The molecule has 2 aliphatic heterocycles. The van der Waals surface area contributed by atoms with E-state index in [1.807, 2.05) is 41.7 Å². The Morgan fingerprint density at radius 1 is 1.04 bits per heavy atom. The number of hydrazine groups is 2. The number of anilines is 2. The number of benzene rings is 1. The summed E-state index contributed by atoms with van der Waals surface area (Å²) >= 11 is 0. The van der Waals surface area contributed by atoms with Gasteiger partial charge in [0.15, 0.2) is 0 Å². The summed E-state index contributed by atoms with van der Waals surface area (Å²) in [5, 5.41) is 10.5. The highest BCUT2D eigenvalue weighted by molar-refractivity contribution is 5.90. The Labute approximate surface area is 150 Å². The highest BCUT2D eigenvalue weighted by Gasteiger charge is 2.19. The molecule has 0 amide bonds. The first-order valence-electron chi connectivity index (χ1n) is 8.63. The molecule has 0 radical (unpaired) electrons. The van der Waals surface area contributed by atoms with Crippen LogP contribution in [0.1, 0.15) is 5.69 Å². The van der Waals surface area contributed by atoms with Gasteiger partial charge in [-0.05, 0) is 18.2 Å². The predicted octanol–water partition coefficient (Wildman–Crippen LogP) is 1.62. The van der Waals surface area contributed by atoms with E-state index in [-0.39, 0.29) is 0 Å². The molecule has 2 aliphatic rings. The Morgan fingerprint density at radius 2 is 1.92 bits per heavy atom. The smallest absolute Gasteiger partial charge is 0.128 e. The lowest BCUT2D eigenvalue weighted by molar-refractivity contribution is 0.122. The molecule has 0 aliphatic carbocycles. The maximum Gasteiger partial charge on any atom is 0.128 e. The van der Waals surface area contributed by atoms with Crippen molar-refractivity contribution in [2.24, 2.45) is 0 Å². The Bertz CT molecular complexity index is 944. The van der Waals surface area contributed by atoms with Crippen molar-refractivity contribution in [3.8, 4) is 0 Å². The molecule has 3 aromatic rings. The van der Waals surface area contributed by atoms with Crippen LogP contribution in [0, 0.1) is 0 Å². The molecule has 1 saturated heterocycles. The van der Waals surface area contributed by atoms with Gasteiger partial charge in [-0.15, -0.1) is 5.53 Å². The number of ether oxygens (including phenoxy) is 1. The van der Waals surface area contributed by atoms with E-state index in [0.29, 0.717) is 0 Å². The number of hydrogen-bond donors (Lipinski definition) is 3.